The van der Waals surface area contributed by atoms with Crippen molar-refractivity contribution in [3.05, 3.63) is 34.8 Å². The predicted molar refractivity (Wildman–Crippen MR) is 97.2 cm³/mol. The Morgan fingerprint density at radius 3 is 2.75 bits per heavy atom. The third-order valence-electron chi connectivity index (χ3n) is 3.28. The SMILES string of the molecule is COc1ccc(C(N)=O)cc1Nc1nc(-c2sc(N)nc2C)cs1. The van der Waals surface area contributed by atoms with Gasteiger partial charge in [-0.3, -0.25) is 4.79 Å². The van der Waals surface area contributed by atoms with E-state index >= 15 is 0 Å². The van der Waals surface area contributed by atoms with Gasteiger partial charge in [-0.05, 0) is 25.1 Å². The quantitative estimate of drug-likeness (QED) is 0.643. The lowest BCUT2D eigenvalue weighted by Gasteiger charge is -2.10. The number of carbonyl (C=O) groups excluding carboxylic acids is 1. The molecule has 0 unspecified atom stereocenters. The van der Waals surface area contributed by atoms with Crippen LogP contribution in [0, 0.1) is 6.92 Å². The molecule has 1 amide bonds. The Balaban J connectivity index is 1.91. The first-order valence-electron chi connectivity index (χ1n) is 6.91. The molecule has 3 rings (SSSR count). The highest BCUT2D eigenvalue weighted by atomic mass is 32.1. The Bertz CT molecular complexity index is 903. The number of amides is 1. The number of nitrogens with one attached hydrogen (secondary N) is 1. The number of aromatic nitrogens is 2. The number of rotatable bonds is 5. The molecule has 0 saturated heterocycles. The molecular weight excluding hydrogens is 346 g/mol. The van der Waals surface area contributed by atoms with Crippen LogP contribution in [0.2, 0.25) is 0 Å². The van der Waals surface area contributed by atoms with Gasteiger partial charge in [0.1, 0.15) is 5.75 Å². The Labute approximate surface area is 146 Å². The number of nitrogens with zero attached hydrogens (tertiary/aromatic N) is 2. The highest BCUT2D eigenvalue weighted by Crippen LogP contribution is 2.35. The van der Waals surface area contributed by atoms with Crippen LogP contribution in [0.3, 0.4) is 0 Å². The number of nitrogen functional groups attached to an aromatic ring is 1. The topological polar surface area (TPSA) is 116 Å². The summed E-state index contributed by atoms with van der Waals surface area (Å²) in [5, 5.41) is 6.26. The minimum Gasteiger partial charge on any atom is -0.495 e. The van der Waals surface area contributed by atoms with E-state index in [4.69, 9.17) is 16.2 Å². The molecule has 0 aliphatic rings. The molecular formula is C15H15N5O2S2. The van der Waals surface area contributed by atoms with Crippen LogP contribution in [0.5, 0.6) is 5.75 Å². The number of ether oxygens (including phenoxy) is 1. The van der Waals surface area contributed by atoms with Gasteiger partial charge in [0.05, 0.1) is 29.1 Å². The molecule has 0 aliphatic heterocycles. The average Bonchev–Trinajstić information content (AvgIpc) is 3.13. The number of primary amides is 1. The molecule has 0 bridgehead atoms. The maximum absolute atomic E-state index is 11.4. The number of hydrogen-bond acceptors (Lipinski definition) is 8. The summed E-state index contributed by atoms with van der Waals surface area (Å²) < 4.78 is 5.30. The van der Waals surface area contributed by atoms with Crippen LogP contribution < -0.4 is 21.5 Å². The standard InChI is InChI=1S/C15H15N5O2S2/c1-7-12(24-14(17)18-7)10-6-23-15(20-10)19-9-5-8(13(16)21)3-4-11(9)22-2/h3-6H,1-2H3,(H2,16,21)(H2,17,18)(H,19,20). The first kappa shape index (κ1) is 16.2. The summed E-state index contributed by atoms with van der Waals surface area (Å²) in [5.74, 6) is 0.0891. The monoisotopic (exact) mass is 361 g/mol. The number of methoxy groups -OCH3 is 1. The summed E-state index contributed by atoms with van der Waals surface area (Å²) in [6, 6.07) is 4.94. The second-order valence-electron chi connectivity index (χ2n) is 4.91. The zero-order valence-corrected chi connectivity index (χ0v) is 14.6. The Kier molecular flexibility index (Phi) is 4.36. The van der Waals surface area contributed by atoms with Crippen LogP contribution in [-0.4, -0.2) is 23.0 Å². The zero-order chi connectivity index (χ0) is 17.3. The minimum absolute atomic E-state index is 0.390. The largest absolute Gasteiger partial charge is 0.495 e. The fourth-order valence-corrected chi connectivity index (χ4v) is 3.75. The van der Waals surface area contributed by atoms with Crippen molar-refractivity contribution < 1.29 is 9.53 Å². The normalized spacial score (nSPS) is 10.6. The van der Waals surface area contributed by atoms with Crippen molar-refractivity contribution in [1.29, 1.82) is 0 Å². The number of nitrogens with two attached hydrogens (primary N) is 2. The third-order valence-corrected chi connectivity index (χ3v) is 5.04. The van der Waals surface area contributed by atoms with E-state index in [2.05, 4.69) is 15.3 Å². The molecule has 3 aromatic rings. The number of carbonyl (C=O) groups is 1. The third kappa shape index (κ3) is 3.17. The van der Waals surface area contributed by atoms with Gasteiger partial charge in [-0.2, -0.15) is 0 Å². The molecule has 0 radical (unpaired) electrons. The molecule has 124 valence electrons. The van der Waals surface area contributed by atoms with E-state index < -0.39 is 5.91 Å². The smallest absolute Gasteiger partial charge is 0.248 e. The Morgan fingerprint density at radius 2 is 2.12 bits per heavy atom. The van der Waals surface area contributed by atoms with Crippen molar-refractivity contribution in [2.75, 3.05) is 18.2 Å². The highest BCUT2D eigenvalue weighted by molar-refractivity contribution is 7.19. The van der Waals surface area contributed by atoms with Gasteiger partial charge in [0.15, 0.2) is 10.3 Å². The summed E-state index contributed by atoms with van der Waals surface area (Å²) >= 11 is 2.83. The molecule has 2 heterocycles. The second kappa shape index (κ2) is 6.46. The number of anilines is 3. The molecule has 9 heteroatoms. The first-order chi connectivity index (χ1) is 11.5. The fourth-order valence-electron chi connectivity index (χ4n) is 2.16. The van der Waals surface area contributed by atoms with Crippen molar-refractivity contribution >= 4 is 44.5 Å². The van der Waals surface area contributed by atoms with Gasteiger partial charge >= 0.3 is 0 Å². The maximum Gasteiger partial charge on any atom is 0.248 e. The number of benzene rings is 1. The summed E-state index contributed by atoms with van der Waals surface area (Å²) in [6.45, 7) is 1.90. The lowest BCUT2D eigenvalue weighted by Crippen LogP contribution is -2.11. The Morgan fingerprint density at radius 1 is 1.33 bits per heavy atom. The van der Waals surface area contributed by atoms with Crippen LogP contribution >= 0.6 is 22.7 Å². The second-order valence-corrected chi connectivity index (χ2v) is 6.80. The highest BCUT2D eigenvalue weighted by Gasteiger charge is 2.14. The summed E-state index contributed by atoms with van der Waals surface area (Å²) in [6.07, 6.45) is 0. The van der Waals surface area contributed by atoms with Crippen molar-refractivity contribution in [3.8, 4) is 16.3 Å². The maximum atomic E-state index is 11.4. The molecule has 1 aromatic carbocycles. The van der Waals surface area contributed by atoms with Crippen molar-refractivity contribution in [2.24, 2.45) is 5.73 Å². The van der Waals surface area contributed by atoms with Crippen LogP contribution in [-0.2, 0) is 0 Å². The molecule has 7 nitrogen and oxygen atoms in total. The number of aryl methyl sites for hydroxylation is 1. The Hall–Kier alpha value is -2.65. The molecule has 5 N–H and O–H groups in total. The van der Waals surface area contributed by atoms with E-state index in [1.165, 1.54) is 22.7 Å². The van der Waals surface area contributed by atoms with Gasteiger partial charge in [0.25, 0.3) is 0 Å². The van der Waals surface area contributed by atoms with E-state index in [1.807, 2.05) is 12.3 Å². The van der Waals surface area contributed by atoms with E-state index in [0.717, 1.165) is 16.3 Å². The average molecular weight is 361 g/mol. The molecule has 2 aromatic heterocycles. The van der Waals surface area contributed by atoms with Gasteiger partial charge in [0, 0.05) is 10.9 Å². The zero-order valence-electron chi connectivity index (χ0n) is 13.0. The number of thiazole rings is 2. The van der Waals surface area contributed by atoms with Crippen LogP contribution in [0.25, 0.3) is 10.6 Å². The first-order valence-corrected chi connectivity index (χ1v) is 8.61. The van der Waals surface area contributed by atoms with Gasteiger partial charge in [-0.1, -0.05) is 11.3 Å². The van der Waals surface area contributed by atoms with Gasteiger partial charge < -0.3 is 21.5 Å². The molecule has 0 atom stereocenters. The van der Waals surface area contributed by atoms with E-state index in [0.29, 0.717) is 27.3 Å². The van der Waals surface area contributed by atoms with Crippen LogP contribution in [0.4, 0.5) is 16.0 Å². The number of hydrogen-bond donors (Lipinski definition) is 3. The molecule has 0 aliphatic carbocycles. The van der Waals surface area contributed by atoms with E-state index in [-0.39, 0.29) is 0 Å². The van der Waals surface area contributed by atoms with Crippen molar-refractivity contribution in [3.63, 3.8) is 0 Å². The van der Waals surface area contributed by atoms with E-state index in [9.17, 15) is 4.79 Å². The molecule has 0 saturated carbocycles. The summed E-state index contributed by atoms with van der Waals surface area (Å²) in [7, 11) is 1.56. The minimum atomic E-state index is -0.503. The van der Waals surface area contributed by atoms with E-state index in [1.54, 1.807) is 25.3 Å². The summed E-state index contributed by atoms with van der Waals surface area (Å²) in [4.78, 5) is 21.1. The summed E-state index contributed by atoms with van der Waals surface area (Å²) in [5.41, 5.74) is 13.7. The fraction of sp³-hybridized carbons (Fsp3) is 0.133. The lowest BCUT2D eigenvalue weighted by molar-refractivity contribution is 0.100. The predicted octanol–water partition coefficient (Wildman–Crippen LogP) is 3.01. The van der Waals surface area contributed by atoms with Crippen LogP contribution in [0.15, 0.2) is 23.6 Å². The van der Waals surface area contributed by atoms with Gasteiger partial charge in [0.2, 0.25) is 5.91 Å². The van der Waals surface area contributed by atoms with Crippen molar-refractivity contribution in [2.45, 2.75) is 6.92 Å². The molecule has 0 spiro atoms. The van der Waals surface area contributed by atoms with Crippen LogP contribution in [0.1, 0.15) is 16.1 Å². The molecule has 24 heavy (non-hydrogen) atoms. The molecule has 0 fully saturated rings. The van der Waals surface area contributed by atoms with Gasteiger partial charge in [-0.15, -0.1) is 11.3 Å². The van der Waals surface area contributed by atoms with Crippen molar-refractivity contribution in [1.82, 2.24) is 9.97 Å². The van der Waals surface area contributed by atoms with Gasteiger partial charge in [-0.25, -0.2) is 9.97 Å². The lowest BCUT2D eigenvalue weighted by atomic mass is 10.2.